The highest BCUT2D eigenvalue weighted by atomic mass is 19.1. The molecule has 3 aromatic rings. The molecule has 0 aliphatic carbocycles. The average molecular weight is 477 g/mol. The molecule has 180 valence electrons. The number of hydrogen-bond donors (Lipinski definition) is 0. The van der Waals surface area contributed by atoms with Gasteiger partial charge in [-0.1, -0.05) is 18.2 Å². The SMILES string of the molecule is CC1CN(c2ccc(-c3ccc(N4CCN(C(=O)Oc5ccccc5)CC4)nc3)c(F)c2)C(=O)O1. The van der Waals surface area contributed by atoms with Crippen LogP contribution < -0.4 is 14.5 Å². The third-order valence-electron chi connectivity index (χ3n) is 6.10. The van der Waals surface area contributed by atoms with Crippen LogP contribution in [0.4, 0.5) is 25.5 Å². The average Bonchev–Trinajstić information content (AvgIpc) is 3.22. The highest BCUT2D eigenvalue weighted by Crippen LogP contribution is 2.29. The van der Waals surface area contributed by atoms with Crippen molar-refractivity contribution in [2.24, 2.45) is 0 Å². The standard InChI is InChI=1S/C26H25FN4O4/c1-18-17-31(26(33)34-18)20-8-9-22(23(27)15-20)19-7-10-24(28-16-19)29-11-13-30(14-12-29)25(32)35-21-5-3-2-4-6-21/h2-10,15-16,18H,11-14,17H2,1H3. The molecule has 1 atom stereocenters. The van der Waals surface area contributed by atoms with Gasteiger partial charge in [-0.05, 0) is 49.4 Å². The predicted octanol–water partition coefficient (Wildman–Crippen LogP) is 4.55. The zero-order valence-corrected chi connectivity index (χ0v) is 19.3. The van der Waals surface area contributed by atoms with Gasteiger partial charge in [-0.25, -0.2) is 19.0 Å². The van der Waals surface area contributed by atoms with E-state index in [2.05, 4.69) is 9.88 Å². The fraction of sp³-hybridized carbons (Fsp3) is 0.269. The Hall–Kier alpha value is -4.14. The normalized spacial score (nSPS) is 17.9. The molecule has 3 heterocycles. The molecule has 0 saturated carbocycles. The first-order valence-corrected chi connectivity index (χ1v) is 11.5. The van der Waals surface area contributed by atoms with Crippen molar-refractivity contribution >= 4 is 23.7 Å². The fourth-order valence-corrected chi connectivity index (χ4v) is 4.23. The molecule has 2 fully saturated rings. The van der Waals surface area contributed by atoms with Gasteiger partial charge in [0.15, 0.2) is 0 Å². The molecule has 8 nitrogen and oxygen atoms in total. The smallest absolute Gasteiger partial charge is 0.415 e. The second-order valence-electron chi connectivity index (χ2n) is 8.53. The van der Waals surface area contributed by atoms with Crippen molar-refractivity contribution in [1.29, 1.82) is 0 Å². The number of rotatable bonds is 4. The van der Waals surface area contributed by atoms with Crippen LogP contribution in [0.2, 0.25) is 0 Å². The van der Waals surface area contributed by atoms with Crippen molar-refractivity contribution in [1.82, 2.24) is 9.88 Å². The van der Waals surface area contributed by atoms with Gasteiger partial charge >= 0.3 is 12.2 Å². The number of carbonyl (C=O) groups is 2. The highest BCUT2D eigenvalue weighted by molar-refractivity contribution is 5.90. The lowest BCUT2D eigenvalue weighted by atomic mass is 10.1. The lowest BCUT2D eigenvalue weighted by molar-refractivity contribution is 0.148. The van der Waals surface area contributed by atoms with Crippen LogP contribution in [-0.4, -0.2) is 60.9 Å². The summed E-state index contributed by atoms with van der Waals surface area (Å²) in [5, 5.41) is 0. The summed E-state index contributed by atoms with van der Waals surface area (Å²) in [5.41, 5.74) is 1.51. The third-order valence-corrected chi connectivity index (χ3v) is 6.10. The van der Waals surface area contributed by atoms with Gasteiger partial charge in [-0.2, -0.15) is 0 Å². The minimum atomic E-state index is -0.468. The number of hydrogen-bond acceptors (Lipinski definition) is 6. The van der Waals surface area contributed by atoms with Crippen molar-refractivity contribution in [3.63, 3.8) is 0 Å². The summed E-state index contributed by atoms with van der Waals surface area (Å²) >= 11 is 0. The maximum absolute atomic E-state index is 14.9. The number of halogens is 1. The minimum absolute atomic E-state index is 0.224. The van der Waals surface area contributed by atoms with Crippen LogP contribution >= 0.6 is 0 Å². The largest absolute Gasteiger partial charge is 0.444 e. The lowest BCUT2D eigenvalue weighted by Crippen LogP contribution is -2.49. The molecule has 35 heavy (non-hydrogen) atoms. The van der Waals surface area contributed by atoms with E-state index in [4.69, 9.17) is 9.47 Å². The topological polar surface area (TPSA) is 75.2 Å². The Balaban J connectivity index is 1.20. The Morgan fingerprint density at radius 3 is 2.46 bits per heavy atom. The van der Waals surface area contributed by atoms with Crippen molar-refractivity contribution < 1.29 is 23.5 Å². The summed E-state index contributed by atoms with van der Waals surface area (Å²) in [6, 6.07) is 17.4. The zero-order chi connectivity index (χ0) is 24.4. The number of benzene rings is 2. The Morgan fingerprint density at radius 2 is 1.83 bits per heavy atom. The molecule has 0 radical (unpaired) electrons. The van der Waals surface area contributed by atoms with E-state index in [0.29, 0.717) is 55.3 Å². The monoisotopic (exact) mass is 476 g/mol. The Kier molecular flexibility index (Phi) is 6.22. The first-order valence-electron chi connectivity index (χ1n) is 11.5. The van der Waals surface area contributed by atoms with Gasteiger partial charge in [-0.15, -0.1) is 0 Å². The van der Waals surface area contributed by atoms with Gasteiger partial charge in [0.05, 0.1) is 12.2 Å². The van der Waals surface area contributed by atoms with Gasteiger partial charge in [-0.3, -0.25) is 4.90 Å². The van der Waals surface area contributed by atoms with Gasteiger partial charge < -0.3 is 19.3 Å². The number of piperazine rings is 1. The maximum atomic E-state index is 14.9. The summed E-state index contributed by atoms with van der Waals surface area (Å²) in [7, 11) is 0. The van der Waals surface area contributed by atoms with E-state index >= 15 is 0 Å². The molecule has 2 saturated heterocycles. The maximum Gasteiger partial charge on any atom is 0.415 e. The van der Waals surface area contributed by atoms with Gasteiger partial charge in [0.25, 0.3) is 0 Å². The van der Waals surface area contributed by atoms with Crippen LogP contribution in [0.1, 0.15) is 6.92 Å². The summed E-state index contributed by atoms with van der Waals surface area (Å²) in [6.45, 7) is 4.45. The van der Waals surface area contributed by atoms with Crippen molar-refractivity contribution in [2.75, 3.05) is 42.5 Å². The van der Waals surface area contributed by atoms with Gasteiger partial charge in [0.2, 0.25) is 0 Å². The van der Waals surface area contributed by atoms with E-state index in [1.807, 2.05) is 30.3 Å². The molecular weight excluding hydrogens is 451 g/mol. The zero-order valence-electron chi connectivity index (χ0n) is 19.3. The van der Waals surface area contributed by atoms with E-state index in [0.717, 1.165) is 5.82 Å². The van der Waals surface area contributed by atoms with E-state index in [9.17, 15) is 14.0 Å². The number of para-hydroxylation sites is 1. The minimum Gasteiger partial charge on any atom is -0.444 e. The van der Waals surface area contributed by atoms with Crippen molar-refractivity contribution in [2.45, 2.75) is 13.0 Å². The molecular formula is C26H25FN4O4. The van der Waals surface area contributed by atoms with Crippen molar-refractivity contribution in [3.8, 4) is 16.9 Å². The summed E-state index contributed by atoms with van der Waals surface area (Å²) in [5.74, 6) is 0.845. The van der Waals surface area contributed by atoms with Crippen LogP contribution in [0.15, 0.2) is 66.9 Å². The molecule has 1 unspecified atom stereocenters. The quantitative estimate of drug-likeness (QED) is 0.550. The molecule has 0 N–H and O–H groups in total. The van der Waals surface area contributed by atoms with Gasteiger partial charge in [0, 0.05) is 43.5 Å². The van der Waals surface area contributed by atoms with E-state index in [1.54, 1.807) is 42.3 Å². The van der Waals surface area contributed by atoms with Gasteiger partial charge in [0.1, 0.15) is 23.5 Å². The Bertz CT molecular complexity index is 1210. The molecule has 2 aliphatic rings. The summed E-state index contributed by atoms with van der Waals surface area (Å²) in [4.78, 5) is 34.0. The number of cyclic esters (lactones) is 1. The first-order chi connectivity index (χ1) is 17.0. The molecule has 0 bridgehead atoms. The molecule has 0 spiro atoms. The highest BCUT2D eigenvalue weighted by Gasteiger charge is 2.30. The number of carbonyl (C=O) groups excluding carboxylic acids is 2. The first kappa shape index (κ1) is 22.6. The molecule has 2 amide bonds. The van der Waals surface area contributed by atoms with Crippen molar-refractivity contribution in [3.05, 3.63) is 72.7 Å². The molecule has 2 aromatic carbocycles. The predicted molar refractivity (Wildman–Crippen MR) is 129 cm³/mol. The van der Waals surface area contributed by atoms with Crippen LogP contribution in [-0.2, 0) is 4.74 Å². The molecule has 2 aliphatic heterocycles. The third kappa shape index (κ3) is 4.89. The number of aromatic nitrogens is 1. The number of nitrogens with zero attached hydrogens (tertiary/aromatic N) is 4. The van der Waals surface area contributed by atoms with Crippen LogP contribution in [0, 0.1) is 5.82 Å². The van der Waals surface area contributed by atoms with E-state index in [1.165, 1.54) is 11.0 Å². The number of ether oxygens (including phenoxy) is 2. The number of amides is 2. The lowest BCUT2D eigenvalue weighted by Gasteiger charge is -2.34. The van der Waals surface area contributed by atoms with Crippen LogP contribution in [0.25, 0.3) is 11.1 Å². The summed E-state index contributed by atoms with van der Waals surface area (Å²) in [6.07, 6.45) is 0.576. The van der Waals surface area contributed by atoms with E-state index < -0.39 is 11.9 Å². The molecule has 5 rings (SSSR count). The molecule has 1 aromatic heterocycles. The molecule has 9 heteroatoms. The summed E-state index contributed by atoms with van der Waals surface area (Å²) < 4.78 is 25.4. The van der Waals surface area contributed by atoms with Crippen LogP contribution in [0.3, 0.4) is 0 Å². The Labute approximate surface area is 202 Å². The number of pyridine rings is 1. The number of anilines is 2. The Morgan fingerprint density at radius 1 is 1.06 bits per heavy atom. The second-order valence-corrected chi connectivity index (χ2v) is 8.53. The second kappa shape index (κ2) is 9.61. The van der Waals surface area contributed by atoms with E-state index in [-0.39, 0.29) is 12.2 Å². The fourth-order valence-electron chi connectivity index (χ4n) is 4.23. The van der Waals surface area contributed by atoms with Crippen LogP contribution in [0.5, 0.6) is 5.75 Å².